The molecule has 9 rings (SSSR count). The Morgan fingerprint density at radius 2 is 1.06 bits per heavy atom. The number of nitrogens with zero attached hydrogens (tertiary/aromatic N) is 5. The summed E-state index contributed by atoms with van der Waals surface area (Å²) in [4.78, 5) is 40.4. The Kier molecular flexibility index (Phi) is 14.3. The first kappa shape index (κ1) is 47.0. The second-order valence-corrected chi connectivity index (χ2v) is 19.2. The zero-order valence-corrected chi connectivity index (χ0v) is 40.0. The number of ether oxygens (including phenoxy) is 1. The fourth-order valence-electron chi connectivity index (χ4n) is 7.27. The molecule has 1 saturated heterocycles. The van der Waals surface area contributed by atoms with Gasteiger partial charge in [-0.25, -0.2) is 37.1 Å². The highest BCUT2D eigenvalue weighted by atomic mass is 79.9. The number of benzene rings is 4. The lowest BCUT2D eigenvalue weighted by Gasteiger charge is -2.39. The van der Waals surface area contributed by atoms with Crippen molar-refractivity contribution in [3.63, 3.8) is 0 Å². The van der Waals surface area contributed by atoms with E-state index in [0.717, 1.165) is 35.7 Å². The summed E-state index contributed by atoms with van der Waals surface area (Å²) >= 11 is 31.1. The van der Waals surface area contributed by atoms with Gasteiger partial charge in [0.1, 0.15) is 33.3 Å². The van der Waals surface area contributed by atoms with Crippen molar-refractivity contribution >= 4 is 126 Å². The van der Waals surface area contributed by atoms with E-state index in [0.29, 0.717) is 87.5 Å². The van der Waals surface area contributed by atoms with E-state index < -0.39 is 29.3 Å². The van der Waals surface area contributed by atoms with Gasteiger partial charge < -0.3 is 20.3 Å². The molecule has 3 aliphatic rings. The fraction of sp³-hybridized carbons (Fsp3) is 0.182. The molecule has 0 saturated carbocycles. The monoisotopic (exact) mass is 1060 g/mol. The number of halogens is 9. The molecule has 4 amide bonds. The highest BCUT2D eigenvalue weighted by Crippen LogP contribution is 2.46. The van der Waals surface area contributed by atoms with Crippen molar-refractivity contribution in [2.45, 2.75) is 59.0 Å². The standard InChI is InChI=1S/C25H22Cl2F2N4O2S.C19H10BrCl2F2N3OS/c1-13-11-32(12-14(2)35-13)21-9-20-19(31-24(21)36-22-7-6-15(28)8-18(22)29)10-30-25(34)33(20)23-16(26)4-3-5-17(23)27;20-10-7-15-14(26-18(10)29-16-5-4-9(23)6-13(16)24)8-25-19(28)27(15)17-11(21)2-1-3-12(17)22/h3-9,13-14H,10-12H2,1-2H3,(H,30,34);1-7H,8H2,(H,25,28). The molecule has 0 spiro atoms. The Labute approximate surface area is 407 Å². The van der Waals surface area contributed by atoms with Crippen LogP contribution in [0.25, 0.3) is 0 Å². The lowest BCUT2D eigenvalue weighted by molar-refractivity contribution is -0.00539. The van der Waals surface area contributed by atoms with Crippen LogP contribution in [0, 0.1) is 23.3 Å². The summed E-state index contributed by atoms with van der Waals surface area (Å²) in [5.74, 6) is -2.66. The molecule has 5 heterocycles. The smallest absolute Gasteiger partial charge is 0.326 e. The van der Waals surface area contributed by atoms with Crippen molar-refractivity contribution in [2.24, 2.45) is 0 Å². The molecule has 336 valence electrons. The zero-order chi connectivity index (χ0) is 46.3. The van der Waals surface area contributed by atoms with E-state index >= 15 is 0 Å². The molecule has 2 unspecified atom stereocenters. The molecule has 0 bridgehead atoms. The van der Waals surface area contributed by atoms with Crippen LogP contribution in [-0.2, 0) is 17.8 Å². The van der Waals surface area contributed by atoms with Crippen LogP contribution >= 0.6 is 85.9 Å². The lowest BCUT2D eigenvalue weighted by Crippen LogP contribution is -2.46. The van der Waals surface area contributed by atoms with E-state index in [1.165, 1.54) is 34.1 Å². The van der Waals surface area contributed by atoms with Gasteiger partial charge in [0.15, 0.2) is 0 Å². The van der Waals surface area contributed by atoms with E-state index in [1.54, 1.807) is 42.5 Å². The molecule has 2 atom stereocenters. The highest BCUT2D eigenvalue weighted by molar-refractivity contribution is 9.10. The van der Waals surface area contributed by atoms with Crippen molar-refractivity contribution in [3.8, 4) is 0 Å². The molecule has 2 aromatic heterocycles. The third kappa shape index (κ3) is 10.1. The van der Waals surface area contributed by atoms with Crippen molar-refractivity contribution in [1.82, 2.24) is 20.6 Å². The van der Waals surface area contributed by atoms with Crippen LogP contribution in [0.2, 0.25) is 20.1 Å². The number of nitrogens with one attached hydrogen (secondary N) is 2. The van der Waals surface area contributed by atoms with Gasteiger partial charge in [0.05, 0.1) is 89.7 Å². The van der Waals surface area contributed by atoms with E-state index in [9.17, 15) is 27.2 Å². The van der Waals surface area contributed by atoms with E-state index in [4.69, 9.17) is 56.1 Å². The van der Waals surface area contributed by atoms with Gasteiger partial charge in [-0.2, -0.15) is 0 Å². The second kappa shape index (κ2) is 19.8. The van der Waals surface area contributed by atoms with Gasteiger partial charge in [0, 0.05) is 35.0 Å². The summed E-state index contributed by atoms with van der Waals surface area (Å²) in [6.45, 7) is 5.45. The number of para-hydroxylation sites is 2. The number of carbonyl (C=O) groups is 2. The predicted molar refractivity (Wildman–Crippen MR) is 251 cm³/mol. The van der Waals surface area contributed by atoms with Gasteiger partial charge in [0.25, 0.3) is 0 Å². The number of hydrogen-bond acceptors (Lipinski definition) is 8. The molecule has 21 heteroatoms. The van der Waals surface area contributed by atoms with Crippen LogP contribution in [0.5, 0.6) is 0 Å². The minimum atomic E-state index is -0.681. The number of pyridine rings is 2. The number of morpholine rings is 1. The molecule has 0 aliphatic carbocycles. The maximum atomic E-state index is 14.6. The van der Waals surface area contributed by atoms with Gasteiger partial charge in [-0.15, -0.1) is 0 Å². The summed E-state index contributed by atoms with van der Waals surface area (Å²) in [5.41, 5.74) is 3.53. The number of rotatable bonds is 7. The molecule has 0 radical (unpaired) electrons. The van der Waals surface area contributed by atoms with Crippen LogP contribution in [0.15, 0.2) is 109 Å². The van der Waals surface area contributed by atoms with Crippen LogP contribution in [0.4, 0.5) is 55.6 Å². The average Bonchev–Trinajstić information content (AvgIpc) is 3.24. The lowest BCUT2D eigenvalue weighted by atomic mass is 10.1. The van der Waals surface area contributed by atoms with Crippen molar-refractivity contribution < 1.29 is 31.9 Å². The average molecular weight is 1070 g/mol. The molecule has 65 heavy (non-hydrogen) atoms. The minimum absolute atomic E-state index is 0.0531. The third-order valence-corrected chi connectivity index (χ3v) is 14.2. The van der Waals surface area contributed by atoms with Crippen molar-refractivity contribution in [3.05, 3.63) is 144 Å². The Bertz CT molecular complexity index is 2830. The molecule has 1 fully saturated rings. The Morgan fingerprint density at radius 1 is 0.631 bits per heavy atom. The molecular weight excluding hydrogens is 1040 g/mol. The minimum Gasteiger partial charge on any atom is -0.372 e. The number of aromatic nitrogens is 2. The quantitative estimate of drug-likeness (QED) is 0.152. The summed E-state index contributed by atoms with van der Waals surface area (Å²) < 4.78 is 61.7. The maximum absolute atomic E-state index is 14.6. The Hall–Kier alpha value is -4.46. The fourth-order valence-corrected chi connectivity index (χ4v) is 10.7. The summed E-state index contributed by atoms with van der Waals surface area (Å²) in [7, 11) is 0. The summed E-state index contributed by atoms with van der Waals surface area (Å²) in [5, 5.41) is 7.77. The molecule has 4 aromatic carbocycles. The summed E-state index contributed by atoms with van der Waals surface area (Å²) in [6.07, 6.45) is -0.106. The molecule has 10 nitrogen and oxygen atoms in total. The first-order chi connectivity index (χ1) is 31.1. The maximum Gasteiger partial charge on any atom is 0.326 e. The zero-order valence-electron chi connectivity index (χ0n) is 33.7. The van der Waals surface area contributed by atoms with Gasteiger partial charge in [0.2, 0.25) is 0 Å². The first-order valence-electron chi connectivity index (χ1n) is 19.5. The molecule has 2 N–H and O–H groups in total. The molecule has 3 aliphatic heterocycles. The Balaban J connectivity index is 0.000000181. The molecular formula is C44H32BrCl4F4N7O3S2. The van der Waals surface area contributed by atoms with Crippen LogP contribution in [0.3, 0.4) is 0 Å². The van der Waals surface area contributed by atoms with Gasteiger partial charge in [-0.3, -0.25) is 9.80 Å². The number of urea groups is 2. The van der Waals surface area contributed by atoms with Crippen molar-refractivity contribution in [1.29, 1.82) is 0 Å². The number of carbonyl (C=O) groups excluding carboxylic acids is 2. The second-order valence-electron chi connectivity index (χ2n) is 14.7. The summed E-state index contributed by atoms with van der Waals surface area (Å²) in [6, 6.07) is 19.5. The Morgan fingerprint density at radius 3 is 1.52 bits per heavy atom. The molecule has 6 aromatic rings. The number of hydrogen-bond donors (Lipinski definition) is 2. The van der Waals surface area contributed by atoms with Crippen LogP contribution < -0.4 is 25.3 Å². The van der Waals surface area contributed by atoms with Gasteiger partial charge >= 0.3 is 12.1 Å². The van der Waals surface area contributed by atoms with E-state index in [2.05, 4.69) is 36.4 Å². The third-order valence-electron chi connectivity index (χ3n) is 10.0. The highest BCUT2D eigenvalue weighted by Gasteiger charge is 2.34. The predicted octanol–water partition coefficient (Wildman–Crippen LogP) is 13.7. The first-order valence-corrected chi connectivity index (χ1v) is 23.4. The largest absolute Gasteiger partial charge is 0.372 e. The SMILES string of the molecule is CC1CN(c2cc3c(nc2Sc2ccc(F)cc2F)CNC(=O)N3c2c(Cl)cccc2Cl)CC(C)O1.O=C1NCc2nc(Sc3ccc(F)cc3F)c(Br)cc2N1c1c(Cl)cccc1Cl. The van der Waals surface area contributed by atoms with E-state index in [1.807, 2.05) is 19.9 Å². The van der Waals surface area contributed by atoms with Gasteiger partial charge in [-0.1, -0.05) is 82.1 Å². The normalized spacial score (nSPS) is 16.9. The van der Waals surface area contributed by atoms with Crippen LogP contribution in [0.1, 0.15) is 25.2 Å². The number of fused-ring (bicyclic) bond motifs is 2. The van der Waals surface area contributed by atoms with Crippen LogP contribution in [-0.4, -0.2) is 47.3 Å². The number of amides is 4. The van der Waals surface area contributed by atoms with E-state index in [-0.39, 0.29) is 41.1 Å². The number of anilines is 5. The topological polar surface area (TPSA) is 103 Å². The van der Waals surface area contributed by atoms with Gasteiger partial charge in [-0.05, 0) is 90.4 Å². The van der Waals surface area contributed by atoms with Crippen molar-refractivity contribution in [2.75, 3.05) is 27.8 Å².